The van der Waals surface area contributed by atoms with E-state index in [9.17, 15) is 4.79 Å². The molecule has 124 valence electrons. The molecule has 2 aromatic heterocycles. The van der Waals surface area contributed by atoms with Crippen LogP contribution in [0.4, 0.5) is 5.69 Å². The van der Waals surface area contributed by atoms with Crippen molar-refractivity contribution in [3.63, 3.8) is 0 Å². The minimum absolute atomic E-state index is 0.115. The summed E-state index contributed by atoms with van der Waals surface area (Å²) in [6, 6.07) is 17.7. The summed E-state index contributed by atoms with van der Waals surface area (Å²) in [4.78, 5) is 13.1. The van der Waals surface area contributed by atoms with Crippen molar-refractivity contribution < 1.29 is 9.21 Å². The first kappa shape index (κ1) is 15.9. The second-order valence-corrected chi connectivity index (χ2v) is 7.12. The molecule has 4 rings (SSSR count). The van der Waals surface area contributed by atoms with Gasteiger partial charge in [0.1, 0.15) is 0 Å². The van der Waals surface area contributed by atoms with Crippen LogP contribution in [0.25, 0.3) is 21.5 Å². The average molecular weight is 367 g/mol. The smallest absolute Gasteiger partial charge is 0.277 e. The molecule has 2 aromatic carbocycles. The summed E-state index contributed by atoms with van der Waals surface area (Å²) >= 11 is 2.75. The highest BCUT2D eigenvalue weighted by atomic mass is 32.2. The molecule has 0 unspecified atom stereocenters. The molecule has 0 fully saturated rings. The third kappa shape index (κ3) is 3.72. The molecular weight excluding hydrogens is 354 g/mol. The lowest BCUT2D eigenvalue weighted by atomic mass is 10.1. The second-order valence-electron chi connectivity index (χ2n) is 5.25. The Morgan fingerprint density at radius 3 is 2.80 bits per heavy atom. The summed E-state index contributed by atoms with van der Waals surface area (Å²) in [6.45, 7) is 0. The quantitative estimate of drug-likeness (QED) is 0.519. The van der Waals surface area contributed by atoms with Gasteiger partial charge in [0.2, 0.25) is 5.91 Å². The van der Waals surface area contributed by atoms with Crippen LogP contribution in [-0.2, 0) is 4.79 Å². The largest absolute Gasteiger partial charge is 0.410 e. The third-order valence-corrected chi connectivity index (χ3v) is 5.17. The summed E-state index contributed by atoms with van der Waals surface area (Å²) in [5, 5.41) is 15.4. The van der Waals surface area contributed by atoms with Crippen LogP contribution in [0.15, 0.2) is 69.6 Å². The van der Waals surface area contributed by atoms with E-state index >= 15 is 0 Å². The maximum Gasteiger partial charge on any atom is 0.277 e. The van der Waals surface area contributed by atoms with Gasteiger partial charge in [0.25, 0.3) is 11.1 Å². The number of anilines is 1. The van der Waals surface area contributed by atoms with Crippen molar-refractivity contribution in [1.82, 2.24) is 10.2 Å². The predicted octanol–water partition coefficient (Wildman–Crippen LogP) is 4.68. The predicted molar refractivity (Wildman–Crippen MR) is 101 cm³/mol. The van der Waals surface area contributed by atoms with Crippen LogP contribution in [0, 0.1) is 0 Å². The highest BCUT2D eigenvalue weighted by molar-refractivity contribution is 7.99. The molecule has 0 aliphatic heterocycles. The number of carbonyl (C=O) groups is 1. The number of carbonyl (C=O) groups excluding carboxylic acids is 1. The van der Waals surface area contributed by atoms with Crippen molar-refractivity contribution >= 4 is 45.5 Å². The van der Waals surface area contributed by atoms with E-state index in [2.05, 4.69) is 15.5 Å². The Balaban J connectivity index is 1.37. The van der Waals surface area contributed by atoms with E-state index in [-0.39, 0.29) is 11.7 Å². The SMILES string of the molecule is O=C(CSc1nnc(-c2cccs2)o1)Nc1ccc2ccccc2c1. The first-order valence-electron chi connectivity index (χ1n) is 7.57. The number of benzene rings is 2. The van der Waals surface area contributed by atoms with E-state index in [1.165, 1.54) is 23.1 Å². The topological polar surface area (TPSA) is 68.0 Å². The van der Waals surface area contributed by atoms with Gasteiger partial charge in [-0.25, -0.2) is 0 Å². The van der Waals surface area contributed by atoms with Gasteiger partial charge in [-0.05, 0) is 34.4 Å². The number of hydrogen-bond acceptors (Lipinski definition) is 6. The summed E-state index contributed by atoms with van der Waals surface area (Å²) < 4.78 is 5.56. The Labute approximate surface area is 152 Å². The number of nitrogens with one attached hydrogen (secondary N) is 1. The Hall–Kier alpha value is -2.64. The molecule has 0 bridgehead atoms. The van der Waals surface area contributed by atoms with Gasteiger partial charge in [0, 0.05) is 5.69 Å². The highest BCUT2D eigenvalue weighted by Crippen LogP contribution is 2.26. The van der Waals surface area contributed by atoms with E-state index in [0.717, 1.165) is 21.3 Å². The summed E-state index contributed by atoms with van der Waals surface area (Å²) in [6.07, 6.45) is 0. The van der Waals surface area contributed by atoms with Gasteiger partial charge in [-0.1, -0.05) is 48.2 Å². The van der Waals surface area contributed by atoms with Crippen molar-refractivity contribution in [3.05, 3.63) is 60.0 Å². The van der Waals surface area contributed by atoms with Crippen LogP contribution in [0.2, 0.25) is 0 Å². The maximum absolute atomic E-state index is 12.1. The maximum atomic E-state index is 12.1. The molecule has 5 nitrogen and oxygen atoms in total. The zero-order valence-electron chi connectivity index (χ0n) is 13.0. The summed E-state index contributed by atoms with van der Waals surface area (Å²) in [5.41, 5.74) is 0.772. The Morgan fingerprint density at radius 1 is 1.08 bits per heavy atom. The normalized spacial score (nSPS) is 10.9. The van der Waals surface area contributed by atoms with Gasteiger partial charge in [-0.3, -0.25) is 4.79 Å². The number of rotatable bonds is 5. The second kappa shape index (κ2) is 7.08. The number of thioether (sulfide) groups is 1. The van der Waals surface area contributed by atoms with Crippen LogP contribution in [0.1, 0.15) is 0 Å². The van der Waals surface area contributed by atoms with Crippen molar-refractivity contribution in [2.75, 3.05) is 11.1 Å². The molecule has 0 saturated heterocycles. The Morgan fingerprint density at radius 2 is 1.96 bits per heavy atom. The molecule has 1 N–H and O–H groups in total. The van der Waals surface area contributed by atoms with Gasteiger partial charge in [-0.15, -0.1) is 21.5 Å². The van der Waals surface area contributed by atoms with Crippen LogP contribution in [0.5, 0.6) is 0 Å². The zero-order chi connectivity index (χ0) is 17.1. The van der Waals surface area contributed by atoms with E-state index in [1.54, 1.807) is 0 Å². The molecule has 0 aliphatic rings. The van der Waals surface area contributed by atoms with Crippen LogP contribution >= 0.6 is 23.1 Å². The molecule has 0 saturated carbocycles. The highest BCUT2D eigenvalue weighted by Gasteiger charge is 2.12. The van der Waals surface area contributed by atoms with Gasteiger partial charge in [0.05, 0.1) is 10.6 Å². The number of amides is 1. The molecule has 1 amide bonds. The summed E-state index contributed by atoms with van der Waals surface area (Å²) in [7, 11) is 0. The van der Waals surface area contributed by atoms with Crippen LogP contribution in [0.3, 0.4) is 0 Å². The number of thiophene rings is 1. The Kier molecular flexibility index (Phi) is 4.49. The number of hydrogen-bond donors (Lipinski definition) is 1. The fraction of sp³-hybridized carbons (Fsp3) is 0.0556. The third-order valence-electron chi connectivity index (χ3n) is 3.50. The standard InChI is InChI=1S/C18H13N3O2S2/c22-16(19-14-8-7-12-4-1-2-5-13(12)10-14)11-25-18-21-20-17(23-18)15-6-3-9-24-15/h1-10H,11H2,(H,19,22). The number of nitrogens with zero attached hydrogens (tertiary/aromatic N) is 2. The van der Waals surface area contributed by atoms with Crippen molar-refractivity contribution in [2.24, 2.45) is 0 Å². The van der Waals surface area contributed by atoms with Gasteiger partial charge >= 0.3 is 0 Å². The van der Waals surface area contributed by atoms with Gasteiger partial charge in [-0.2, -0.15) is 0 Å². The van der Waals surface area contributed by atoms with Gasteiger partial charge < -0.3 is 9.73 Å². The average Bonchev–Trinajstić information content (AvgIpc) is 3.31. The van der Waals surface area contributed by atoms with E-state index in [0.29, 0.717) is 11.1 Å². The fourth-order valence-electron chi connectivity index (χ4n) is 2.36. The van der Waals surface area contributed by atoms with E-state index in [1.807, 2.05) is 60.0 Å². The molecule has 0 radical (unpaired) electrons. The van der Waals surface area contributed by atoms with E-state index in [4.69, 9.17) is 4.42 Å². The van der Waals surface area contributed by atoms with Crippen LogP contribution < -0.4 is 5.32 Å². The number of fused-ring (bicyclic) bond motifs is 1. The van der Waals surface area contributed by atoms with Crippen molar-refractivity contribution in [3.8, 4) is 10.8 Å². The lowest BCUT2D eigenvalue weighted by Crippen LogP contribution is -2.13. The summed E-state index contributed by atoms with van der Waals surface area (Å²) in [5.74, 6) is 0.572. The molecule has 7 heteroatoms. The molecule has 0 atom stereocenters. The van der Waals surface area contributed by atoms with Gasteiger partial charge in [0.15, 0.2) is 0 Å². The van der Waals surface area contributed by atoms with Crippen LogP contribution in [-0.4, -0.2) is 21.9 Å². The lowest BCUT2D eigenvalue weighted by Gasteiger charge is -2.05. The minimum atomic E-state index is -0.115. The first-order valence-corrected chi connectivity index (χ1v) is 9.43. The molecule has 0 aliphatic carbocycles. The molecule has 2 heterocycles. The van der Waals surface area contributed by atoms with E-state index < -0.39 is 0 Å². The minimum Gasteiger partial charge on any atom is -0.410 e. The molecule has 4 aromatic rings. The first-order chi connectivity index (χ1) is 12.3. The number of aromatic nitrogens is 2. The molecular formula is C18H13N3O2S2. The monoisotopic (exact) mass is 367 g/mol. The Bertz CT molecular complexity index is 1010. The molecule has 25 heavy (non-hydrogen) atoms. The van der Waals surface area contributed by atoms with Crippen molar-refractivity contribution in [2.45, 2.75) is 5.22 Å². The molecule has 0 spiro atoms. The fourth-order valence-corrected chi connectivity index (χ4v) is 3.57. The van der Waals surface area contributed by atoms with Crippen molar-refractivity contribution in [1.29, 1.82) is 0 Å². The lowest BCUT2D eigenvalue weighted by molar-refractivity contribution is -0.113. The zero-order valence-corrected chi connectivity index (χ0v) is 14.6.